The van der Waals surface area contributed by atoms with Gasteiger partial charge in [0.05, 0.1) is 0 Å². The number of carbonyl (C=O) groups is 2. The summed E-state index contributed by atoms with van der Waals surface area (Å²) < 4.78 is 0. The number of aromatic nitrogens is 1. The number of primary amides is 1. The largest absolute Gasteiger partial charge is 0.368 e. The average Bonchev–Trinajstić information content (AvgIpc) is 2.45. The van der Waals surface area contributed by atoms with Gasteiger partial charge in [0, 0.05) is 17.8 Å². The van der Waals surface area contributed by atoms with E-state index in [1.54, 1.807) is 11.0 Å². The molecule has 1 fully saturated rings. The van der Waals surface area contributed by atoms with E-state index in [2.05, 4.69) is 4.98 Å². The van der Waals surface area contributed by atoms with Gasteiger partial charge in [-0.15, -0.1) is 0 Å². The Bertz CT molecular complexity index is 533. The normalized spacial score (nSPS) is 18.9. The molecule has 6 heteroatoms. The first-order valence-electron chi connectivity index (χ1n) is 6.79. The van der Waals surface area contributed by atoms with Crippen LogP contribution in [0, 0.1) is 0 Å². The van der Waals surface area contributed by atoms with E-state index in [-0.39, 0.29) is 5.91 Å². The van der Waals surface area contributed by atoms with E-state index in [1.807, 2.05) is 6.92 Å². The van der Waals surface area contributed by atoms with Gasteiger partial charge in [0.1, 0.15) is 11.2 Å². The summed E-state index contributed by atoms with van der Waals surface area (Å²) in [7, 11) is 0. The van der Waals surface area contributed by atoms with Crippen molar-refractivity contribution in [1.29, 1.82) is 0 Å². The molecule has 2 heterocycles. The van der Waals surface area contributed by atoms with Crippen molar-refractivity contribution in [2.24, 2.45) is 5.73 Å². The number of carbonyl (C=O) groups excluding carboxylic acids is 2. The number of piperidine rings is 1. The second kappa shape index (κ2) is 6.22. The van der Waals surface area contributed by atoms with Gasteiger partial charge in [-0.25, -0.2) is 4.98 Å². The predicted molar refractivity (Wildman–Crippen MR) is 76.5 cm³/mol. The van der Waals surface area contributed by atoms with Crippen molar-refractivity contribution in [3.05, 3.63) is 28.5 Å². The Labute approximate surface area is 123 Å². The van der Waals surface area contributed by atoms with Crippen LogP contribution in [0.15, 0.2) is 12.1 Å². The SMILES string of the molecule is CCc1cc(C(=O)N2CCCCC2C(N)=O)cc(Cl)n1. The van der Waals surface area contributed by atoms with E-state index in [0.717, 1.165) is 18.5 Å². The lowest BCUT2D eigenvalue weighted by molar-refractivity contribution is -0.123. The minimum atomic E-state index is -0.520. The number of halogens is 1. The summed E-state index contributed by atoms with van der Waals surface area (Å²) in [5.41, 5.74) is 6.61. The molecule has 1 aliphatic heterocycles. The molecule has 1 aromatic rings. The molecule has 1 unspecified atom stereocenters. The molecule has 2 N–H and O–H groups in total. The molecule has 0 spiro atoms. The molecular weight excluding hydrogens is 278 g/mol. The van der Waals surface area contributed by atoms with Crippen LogP contribution >= 0.6 is 11.6 Å². The van der Waals surface area contributed by atoms with Crippen LogP contribution < -0.4 is 5.73 Å². The number of hydrogen-bond acceptors (Lipinski definition) is 3. The third kappa shape index (κ3) is 3.10. The lowest BCUT2D eigenvalue weighted by Gasteiger charge is -2.33. The Morgan fingerprint density at radius 1 is 1.45 bits per heavy atom. The highest BCUT2D eigenvalue weighted by atomic mass is 35.5. The van der Waals surface area contributed by atoms with Crippen LogP contribution in [-0.2, 0) is 11.2 Å². The highest BCUT2D eigenvalue weighted by molar-refractivity contribution is 6.29. The second-order valence-electron chi connectivity index (χ2n) is 4.94. The number of amides is 2. The Balaban J connectivity index is 2.29. The van der Waals surface area contributed by atoms with Crippen LogP contribution in [0.5, 0.6) is 0 Å². The minimum absolute atomic E-state index is 0.201. The van der Waals surface area contributed by atoms with Crippen LogP contribution in [0.25, 0.3) is 0 Å². The molecule has 2 rings (SSSR count). The van der Waals surface area contributed by atoms with Gasteiger partial charge < -0.3 is 10.6 Å². The van der Waals surface area contributed by atoms with E-state index in [0.29, 0.717) is 30.1 Å². The first-order chi connectivity index (χ1) is 9.52. The van der Waals surface area contributed by atoms with Gasteiger partial charge in [-0.2, -0.15) is 0 Å². The average molecular weight is 296 g/mol. The fourth-order valence-electron chi connectivity index (χ4n) is 2.49. The van der Waals surface area contributed by atoms with Gasteiger partial charge in [0.2, 0.25) is 5.91 Å². The second-order valence-corrected chi connectivity index (χ2v) is 5.32. The molecule has 0 saturated carbocycles. The third-order valence-corrected chi connectivity index (χ3v) is 3.74. The quantitative estimate of drug-likeness (QED) is 0.864. The number of pyridine rings is 1. The van der Waals surface area contributed by atoms with E-state index in [4.69, 9.17) is 17.3 Å². The fraction of sp³-hybridized carbons (Fsp3) is 0.500. The summed E-state index contributed by atoms with van der Waals surface area (Å²) in [6.07, 6.45) is 3.12. The maximum atomic E-state index is 12.6. The summed E-state index contributed by atoms with van der Waals surface area (Å²) in [4.78, 5) is 29.7. The fourth-order valence-corrected chi connectivity index (χ4v) is 2.72. The maximum Gasteiger partial charge on any atom is 0.254 e. The molecule has 0 aliphatic carbocycles. The van der Waals surface area contributed by atoms with Crippen molar-refractivity contribution in [3.63, 3.8) is 0 Å². The van der Waals surface area contributed by atoms with Crippen molar-refractivity contribution in [2.45, 2.75) is 38.6 Å². The van der Waals surface area contributed by atoms with E-state index >= 15 is 0 Å². The van der Waals surface area contributed by atoms with Crippen molar-refractivity contribution < 1.29 is 9.59 Å². The molecule has 2 amide bonds. The van der Waals surface area contributed by atoms with Crippen LogP contribution in [0.3, 0.4) is 0 Å². The van der Waals surface area contributed by atoms with Gasteiger partial charge in [0.15, 0.2) is 0 Å². The third-order valence-electron chi connectivity index (χ3n) is 3.55. The van der Waals surface area contributed by atoms with Gasteiger partial charge in [0.25, 0.3) is 5.91 Å². The van der Waals surface area contributed by atoms with E-state index < -0.39 is 11.9 Å². The summed E-state index contributed by atoms with van der Waals surface area (Å²) in [5, 5.41) is 0.292. The van der Waals surface area contributed by atoms with Crippen molar-refractivity contribution in [3.8, 4) is 0 Å². The van der Waals surface area contributed by atoms with E-state index in [9.17, 15) is 9.59 Å². The monoisotopic (exact) mass is 295 g/mol. The zero-order chi connectivity index (χ0) is 14.7. The van der Waals surface area contributed by atoms with Crippen LogP contribution in [0.1, 0.15) is 42.2 Å². The zero-order valence-corrected chi connectivity index (χ0v) is 12.2. The Hall–Kier alpha value is -1.62. The Morgan fingerprint density at radius 3 is 2.85 bits per heavy atom. The van der Waals surface area contributed by atoms with Crippen LogP contribution in [-0.4, -0.2) is 34.3 Å². The summed E-state index contributed by atoms with van der Waals surface area (Å²) in [5.74, 6) is -0.651. The maximum absolute atomic E-state index is 12.6. The zero-order valence-electron chi connectivity index (χ0n) is 11.4. The van der Waals surface area contributed by atoms with E-state index in [1.165, 1.54) is 6.07 Å². The molecule has 0 bridgehead atoms. The highest BCUT2D eigenvalue weighted by Gasteiger charge is 2.31. The van der Waals surface area contributed by atoms with Gasteiger partial charge in [-0.05, 0) is 37.8 Å². The standard InChI is InChI=1S/C14H18ClN3O2/c1-2-10-7-9(8-12(15)17-10)14(20)18-6-4-3-5-11(18)13(16)19/h7-8,11H,2-6H2,1H3,(H2,16,19). The molecule has 20 heavy (non-hydrogen) atoms. The molecule has 1 aliphatic rings. The van der Waals surface area contributed by atoms with Gasteiger partial charge >= 0.3 is 0 Å². The molecule has 1 saturated heterocycles. The summed E-state index contributed by atoms with van der Waals surface area (Å²) in [6.45, 7) is 2.49. The predicted octanol–water partition coefficient (Wildman–Crippen LogP) is 1.78. The number of nitrogens with zero attached hydrogens (tertiary/aromatic N) is 2. The van der Waals surface area contributed by atoms with Gasteiger partial charge in [-0.1, -0.05) is 18.5 Å². The van der Waals surface area contributed by atoms with Crippen molar-refractivity contribution >= 4 is 23.4 Å². The summed E-state index contributed by atoms with van der Waals surface area (Å²) in [6, 6.07) is 2.74. The summed E-state index contributed by atoms with van der Waals surface area (Å²) >= 11 is 5.94. The number of hydrogen-bond donors (Lipinski definition) is 1. The topological polar surface area (TPSA) is 76.3 Å². The number of rotatable bonds is 3. The minimum Gasteiger partial charge on any atom is -0.368 e. The highest BCUT2D eigenvalue weighted by Crippen LogP contribution is 2.21. The van der Waals surface area contributed by atoms with Crippen molar-refractivity contribution in [1.82, 2.24) is 9.88 Å². The molecular formula is C14H18ClN3O2. The van der Waals surface area contributed by atoms with Crippen LogP contribution in [0.2, 0.25) is 5.15 Å². The Morgan fingerprint density at radius 2 is 2.20 bits per heavy atom. The molecule has 5 nitrogen and oxygen atoms in total. The first-order valence-corrected chi connectivity index (χ1v) is 7.17. The first kappa shape index (κ1) is 14.8. The smallest absolute Gasteiger partial charge is 0.254 e. The molecule has 1 atom stereocenters. The lowest BCUT2D eigenvalue weighted by atomic mass is 10.0. The molecule has 0 radical (unpaired) electrons. The lowest BCUT2D eigenvalue weighted by Crippen LogP contribution is -2.50. The molecule has 108 valence electrons. The van der Waals surface area contributed by atoms with Crippen molar-refractivity contribution in [2.75, 3.05) is 6.54 Å². The molecule has 0 aromatic carbocycles. The number of aryl methyl sites for hydroxylation is 1. The number of likely N-dealkylation sites (tertiary alicyclic amines) is 1. The van der Waals surface area contributed by atoms with Gasteiger partial charge in [-0.3, -0.25) is 9.59 Å². The Kier molecular flexibility index (Phi) is 4.60. The van der Waals surface area contributed by atoms with Crippen LogP contribution in [0.4, 0.5) is 0 Å². The number of nitrogens with two attached hydrogens (primary N) is 1. The molecule has 1 aromatic heterocycles.